The number of nitrogens with two attached hydrogens (primary N) is 1. The van der Waals surface area contributed by atoms with Gasteiger partial charge in [-0.2, -0.15) is 0 Å². The predicted octanol–water partition coefficient (Wildman–Crippen LogP) is 4.87. The van der Waals surface area contributed by atoms with Crippen molar-refractivity contribution in [1.29, 1.82) is 0 Å². The molecule has 1 aliphatic rings. The molecule has 4 rings (SSSR count). The summed E-state index contributed by atoms with van der Waals surface area (Å²) in [5.74, 6) is 0.319. The van der Waals surface area contributed by atoms with E-state index in [1.807, 2.05) is 23.9 Å². The van der Waals surface area contributed by atoms with E-state index in [0.29, 0.717) is 11.0 Å². The lowest BCUT2D eigenvalue weighted by Gasteiger charge is -2.43. The van der Waals surface area contributed by atoms with Gasteiger partial charge in [-0.3, -0.25) is 0 Å². The largest absolute Gasteiger partial charge is 0.508 e. The molecule has 0 aliphatic heterocycles. The SMILES string of the molecule is CC1(C)c2cc(O)ccc2CC(Sc2ccc3ccccc3c2)C1N. The Balaban J connectivity index is 1.67. The number of phenols is 1. The number of benzene rings is 3. The van der Waals surface area contributed by atoms with Gasteiger partial charge in [-0.1, -0.05) is 50.2 Å². The highest BCUT2D eigenvalue weighted by Crippen LogP contribution is 2.43. The molecule has 3 N–H and O–H groups in total. The van der Waals surface area contributed by atoms with Gasteiger partial charge in [0.2, 0.25) is 0 Å². The zero-order chi connectivity index (χ0) is 17.6. The Labute approximate surface area is 153 Å². The van der Waals surface area contributed by atoms with E-state index >= 15 is 0 Å². The van der Waals surface area contributed by atoms with Gasteiger partial charge >= 0.3 is 0 Å². The summed E-state index contributed by atoms with van der Waals surface area (Å²) in [4.78, 5) is 1.26. The maximum atomic E-state index is 9.86. The summed E-state index contributed by atoms with van der Waals surface area (Å²) < 4.78 is 0. The summed E-state index contributed by atoms with van der Waals surface area (Å²) in [5, 5.41) is 12.7. The van der Waals surface area contributed by atoms with E-state index < -0.39 is 0 Å². The average molecular weight is 349 g/mol. The summed E-state index contributed by atoms with van der Waals surface area (Å²) in [7, 11) is 0. The quantitative estimate of drug-likeness (QED) is 0.694. The van der Waals surface area contributed by atoms with E-state index in [2.05, 4.69) is 56.3 Å². The lowest BCUT2D eigenvalue weighted by molar-refractivity contribution is 0.369. The molecule has 0 bridgehead atoms. The number of thioether (sulfide) groups is 1. The summed E-state index contributed by atoms with van der Waals surface area (Å²) in [6.45, 7) is 4.37. The first-order chi connectivity index (χ1) is 11.9. The van der Waals surface area contributed by atoms with Crippen LogP contribution in [0.3, 0.4) is 0 Å². The lowest BCUT2D eigenvalue weighted by atomic mass is 9.69. The van der Waals surface area contributed by atoms with Crippen LogP contribution in [0.15, 0.2) is 65.6 Å². The van der Waals surface area contributed by atoms with Gasteiger partial charge in [-0.05, 0) is 52.6 Å². The van der Waals surface area contributed by atoms with E-state index in [-0.39, 0.29) is 11.5 Å². The molecule has 0 saturated carbocycles. The molecule has 2 unspecified atom stereocenters. The molecule has 0 amide bonds. The Bertz CT molecular complexity index is 934. The molecular formula is C22H23NOS. The van der Waals surface area contributed by atoms with Gasteiger partial charge in [0.1, 0.15) is 5.75 Å². The predicted molar refractivity (Wildman–Crippen MR) is 106 cm³/mol. The Morgan fingerprint density at radius 1 is 1.00 bits per heavy atom. The molecule has 0 radical (unpaired) electrons. The van der Waals surface area contributed by atoms with Crippen LogP contribution >= 0.6 is 11.8 Å². The number of hydrogen-bond acceptors (Lipinski definition) is 3. The molecule has 0 saturated heterocycles. The van der Waals surface area contributed by atoms with Crippen LogP contribution in [0, 0.1) is 0 Å². The zero-order valence-electron chi connectivity index (χ0n) is 14.6. The fraction of sp³-hybridized carbons (Fsp3) is 0.273. The third-order valence-corrected chi connectivity index (χ3v) is 6.74. The van der Waals surface area contributed by atoms with Crippen LogP contribution in [-0.4, -0.2) is 16.4 Å². The van der Waals surface area contributed by atoms with Crippen LogP contribution in [0.5, 0.6) is 5.75 Å². The molecule has 0 aromatic heterocycles. The van der Waals surface area contributed by atoms with Crippen molar-refractivity contribution in [1.82, 2.24) is 0 Å². The molecule has 3 heteroatoms. The second kappa shape index (κ2) is 6.08. The molecule has 3 aromatic carbocycles. The van der Waals surface area contributed by atoms with Crippen LogP contribution in [0.2, 0.25) is 0 Å². The normalized spacial score (nSPS) is 21.9. The Hall–Kier alpha value is -1.97. The summed E-state index contributed by atoms with van der Waals surface area (Å²) in [6, 6.07) is 20.8. The standard InChI is InChI=1S/C22H23NOS/c1-22(2)19-13-17(24)9-7-16(19)12-20(21(22)23)25-18-10-8-14-5-3-4-6-15(14)11-18/h3-11,13,20-21,24H,12,23H2,1-2H3. The highest BCUT2D eigenvalue weighted by Gasteiger charge is 2.40. The number of fused-ring (bicyclic) bond motifs is 2. The number of hydrogen-bond donors (Lipinski definition) is 2. The number of rotatable bonds is 2. The van der Waals surface area contributed by atoms with E-state index in [1.165, 1.54) is 26.8 Å². The van der Waals surface area contributed by atoms with Gasteiger partial charge in [-0.15, -0.1) is 11.8 Å². The van der Waals surface area contributed by atoms with Crippen LogP contribution in [0.1, 0.15) is 25.0 Å². The smallest absolute Gasteiger partial charge is 0.115 e. The Kier molecular flexibility index (Phi) is 4.01. The summed E-state index contributed by atoms with van der Waals surface area (Å²) in [6.07, 6.45) is 0.928. The minimum Gasteiger partial charge on any atom is -0.508 e. The second-order valence-corrected chi connectivity index (χ2v) is 8.77. The maximum absolute atomic E-state index is 9.86. The second-order valence-electron chi connectivity index (χ2n) is 7.46. The third-order valence-electron chi connectivity index (χ3n) is 5.45. The van der Waals surface area contributed by atoms with Crippen molar-refractivity contribution in [2.24, 2.45) is 5.73 Å². The maximum Gasteiger partial charge on any atom is 0.115 e. The molecule has 128 valence electrons. The van der Waals surface area contributed by atoms with Gasteiger partial charge < -0.3 is 10.8 Å². The molecule has 1 aliphatic carbocycles. The van der Waals surface area contributed by atoms with Crippen LogP contribution in [0.4, 0.5) is 0 Å². The Morgan fingerprint density at radius 2 is 1.76 bits per heavy atom. The first kappa shape index (κ1) is 16.5. The van der Waals surface area contributed by atoms with Crippen molar-refractivity contribution >= 4 is 22.5 Å². The molecule has 25 heavy (non-hydrogen) atoms. The zero-order valence-corrected chi connectivity index (χ0v) is 15.4. The van der Waals surface area contributed by atoms with Crippen LogP contribution < -0.4 is 5.73 Å². The first-order valence-electron chi connectivity index (χ1n) is 8.68. The first-order valence-corrected chi connectivity index (χ1v) is 9.56. The molecule has 0 fully saturated rings. The molecular weight excluding hydrogens is 326 g/mol. The fourth-order valence-electron chi connectivity index (χ4n) is 3.86. The average Bonchev–Trinajstić information content (AvgIpc) is 2.60. The minimum atomic E-state index is -0.166. The van der Waals surface area contributed by atoms with Gasteiger partial charge in [-0.25, -0.2) is 0 Å². The van der Waals surface area contributed by atoms with Crippen molar-refractivity contribution in [2.75, 3.05) is 0 Å². The topological polar surface area (TPSA) is 46.2 Å². The fourth-order valence-corrected chi connectivity index (χ4v) is 5.30. The Morgan fingerprint density at radius 3 is 2.56 bits per heavy atom. The van der Waals surface area contributed by atoms with Crippen LogP contribution in [0.25, 0.3) is 10.8 Å². The lowest BCUT2D eigenvalue weighted by Crippen LogP contribution is -2.52. The van der Waals surface area contributed by atoms with Crippen molar-refractivity contribution in [3.05, 3.63) is 71.8 Å². The van der Waals surface area contributed by atoms with E-state index in [1.54, 1.807) is 6.07 Å². The van der Waals surface area contributed by atoms with Crippen molar-refractivity contribution in [3.63, 3.8) is 0 Å². The number of aromatic hydroxyl groups is 1. The van der Waals surface area contributed by atoms with E-state index in [0.717, 1.165) is 6.42 Å². The third kappa shape index (κ3) is 2.92. The molecule has 0 heterocycles. The molecule has 3 aromatic rings. The van der Waals surface area contributed by atoms with Crippen molar-refractivity contribution in [2.45, 2.75) is 41.9 Å². The highest BCUT2D eigenvalue weighted by molar-refractivity contribution is 8.00. The van der Waals surface area contributed by atoms with E-state index in [4.69, 9.17) is 5.73 Å². The van der Waals surface area contributed by atoms with Gasteiger partial charge in [0.05, 0.1) is 0 Å². The van der Waals surface area contributed by atoms with E-state index in [9.17, 15) is 5.11 Å². The molecule has 2 atom stereocenters. The van der Waals surface area contributed by atoms with Crippen LogP contribution in [-0.2, 0) is 11.8 Å². The number of phenolic OH excluding ortho intramolecular Hbond substituents is 1. The van der Waals surface area contributed by atoms with Crippen molar-refractivity contribution in [3.8, 4) is 5.75 Å². The van der Waals surface area contributed by atoms with Crippen molar-refractivity contribution < 1.29 is 5.11 Å². The molecule has 2 nitrogen and oxygen atoms in total. The van der Waals surface area contributed by atoms with Gasteiger partial charge in [0.15, 0.2) is 0 Å². The monoisotopic (exact) mass is 349 g/mol. The molecule has 0 spiro atoms. The highest BCUT2D eigenvalue weighted by atomic mass is 32.2. The van der Waals surface area contributed by atoms with Gasteiger partial charge in [0.25, 0.3) is 0 Å². The van der Waals surface area contributed by atoms with Gasteiger partial charge in [0, 0.05) is 21.6 Å². The summed E-state index contributed by atoms with van der Waals surface area (Å²) in [5.41, 5.74) is 8.98. The minimum absolute atomic E-state index is 0.0262. The summed E-state index contributed by atoms with van der Waals surface area (Å²) >= 11 is 1.87.